The average molecular weight is 408 g/mol. The van der Waals surface area contributed by atoms with Gasteiger partial charge in [0, 0.05) is 37.0 Å². The molecule has 2 aromatic carbocycles. The highest BCUT2D eigenvalue weighted by Crippen LogP contribution is 2.28. The fourth-order valence-electron chi connectivity index (χ4n) is 3.73. The number of likely N-dealkylation sites (tertiary alicyclic amines) is 1. The van der Waals surface area contributed by atoms with Crippen LogP contribution in [0, 0.1) is 5.82 Å². The molecule has 1 aliphatic rings. The Morgan fingerprint density at radius 2 is 1.97 bits per heavy atom. The number of nitrogens with zero attached hydrogens (tertiary/aromatic N) is 3. The van der Waals surface area contributed by atoms with E-state index in [1.54, 1.807) is 47.3 Å². The molecule has 1 fully saturated rings. The maximum absolute atomic E-state index is 13.1. The molecule has 7 heteroatoms. The highest BCUT2D eigenvalue weighted by molar-refractivity contribution is 5.94. The number of amides is 1. The van der Waals surface area contributed by atoms with E-state index < -0.39 is 0 Å². The van der Waals surface area contributed by atoms with E-state index in [-0.39, 0.29) is 23.7 Å². The Morgan fingerprint density at radius 3 is 2.67 bits per heavy atom. The molecule has 1 aromatic heterocycles. The third kappa shape index (κ3) is 4.86. The van der Waals surface area contributed by atoms with Crippen molar-refractivity contribution in [2.75, 3.05) is 19.7 Å². The lowest BCUT2D eigenvalue weighted by Crippen LogP contribution is -2.32. The van der Waals surface area contributed by atoms with Crippen LogP contribution in [0.2, 0.25) is 0 Å². The second-order valence-electron chi connectivity index (χ2n) is 7.61. The van der Waals surface area contributed by atoms with Crippen molar-refractivity contribution in [3.63, 3.8) is 0 Å². The van der Waals surface area contributed by atoms with Crippen LogP contribution < -0.4 is 10.5 Å². The molecule has 0 radical (unpaired) electrons. The zero-order valence-corrected chi connectivity index (χ0v) is 16.7. The van der Waals surface area contributed by atoms with Gasteiger partial charge >= 0.3 is 0 Å². The zero-order chi connectivity index (χ0) is 20.9. The number of ether oxygens (including phenoxy) is 1. The standard InChI is InChI=1S/C23H25FN4O2/c24-20-6-2-17(3-7-20)19-10-13-27(14-19)23(29)18-4-8-22(9-5-18)30-16-21(25)15-28-12-1-11-26-28/h1-9,11-12,19,21H,10,13-16,25H2/t19-,21+/m0/s1. The Hall–Kier alpha value is -3.19. The summed E-state index contributed by atoms with van der Waals surface area (Å²) >= 11 is 0. The lowest BCUT2D eigenvalue weighted by Gasteiger charge is -2.17. The fourth-order valence-corrected chi connectivity index (χ4v) is 3.73. The molecule has 4 rings (SSSR count). The first-order valence-corrected chi connectivity index (χ1v) is 10.1. The number of carbonyl (C=O) groups excluding carboxylic acids is 1. The molecular weight excluding hydrogens is 383 g/mol. The predicted octanol–water partition coefficient (Wildman–Crippen LogP) is 3.06. The van der Waals surface area contributed by atoms with Crippen LogP contribution in [0.25, 0.3) is 0 Å². The van der Waals surface area contributed by atoms with Gasteiger partial charge in [0.2, 0.25) is 0 Å². The van der Waals surface area contributed by atoms with Crippen molar-refractivity contribution in [1.29, 1.82) is 0 Å². The number of halogens is 1. The summed E-state index contributed by atoms with van der Waals surface area (Å²) in [5.41, 5.74) is 7.77. The smallest absolute Gasteiger partial charge is 0.253 e. The third-order valence-electron chi connectivity index (χ3n) is 5.36. The molecule has 6 nitrogen and oxygen atoms in total. The van der Waals surface area contributed by atoms with Gasteiger partial charge in [0.25, 0.3) is 5.91 Å². The van der Waals surface area contributed by atoms with E-state index in [9.17, 15) is 9.18 Å². The van der Waals surface area contributed by atoms with Crippen LogP contribution in [-0.4, -0.2) is 46.3 Å². The molecule has 0 unspecified atom stereocenters. The lowest BCUT2D eigenvalue weighted by molar-refractivity contribution is 0.0790. The quantitative estimate of drug-likeness (QED) is 0.652. The van der Waals surface area contributed by atoms with Gasteiger partial charge in [0.05, 0.1) is 12.6 Å². The lowest BCUT2D eigenvalue weighted by atomic mass is 9.99. The van der Waals surface area contributed by atoms with Gasteiger partial charge in [-0.2, -0.15) is 5.10 Å². The summed E-state index contributed by atoms with van der Waals surface area (Å²) in [6.07, 6.45) is 4.46. The summed E-state index contributed by atoms with van der Waals surface area (Å²) < 4.78 is 20.6. The maximum Gasteiger partial charge on any atom is 0.253 e. The largest absolute Gasteiger partial charge is 0.492 e. The molecule has 1 aliphatic heterocycles. The third-order valence-corrected chi connectivity index (χ3v) is 5.36. The molecule has 30 heavy (non-hydrogen) atoms. The van der Waals surface area contributed by atoms with Crippen LogP contribution in [0.3, 0.4) is 0 Å². The second kappa shape index (κ2) is 9.09. The van der Waals surface area contributed by atoms with Crippen molar-refractivity contribution < 1.29 is 13.9 Å². The minimum Gasteiger partial charge on any atom is -0.492 e. The van der Waals surface area contributed by atoms with Gasteiger partial charge in [0.15, 0.2) is 0 Å². The number of aromatic nitrogens is 2. The van der Waals surface area contributed by atoms with Gasteiger partial charge in [0.1, 0.15) is 18.2 Å². The van der Waals surface area contributed by atoms with Crippen LogP contribution in [0.4, 0.5) is 4.39 Å². The van der Waals surface area contributed by atoms with E-state index in [1.165, 1.54) is 12.1 Å². The molecule has 156 valence electrons. The molecule has 1 saturated heterocycles. The zero-order valence-electron chi connectivity index (χ0n) is 16.7. The fraction of sp³-hybridized carbons (Fsp3) is 0.304. The van der Waals surface area contributed by atoms with Crippen LogP contribution in [0.1, 0.15) is 28.3 Å². The average Bonchev–Trinajstić information content (AvgIpc) is 3.45. The summed E-state index contributed by atoms with van der Waals surface area (Å²) in [6.45, 7) is 2.28. The molecule has 2 atom stereocenters. The molecule has 2 heterocycles. The highest BCUT2D eigenvalue weighted by Gasteiger charge is 2.28. The van der Waals surface area contributed by atoms with E-state index in [4.69, 9.17) is 10.5 Å². The summed E-state index contributed by atoms with van der Waals surface area (Å²) in [5.74, 6) is 0.678. The van der Waals surface area contributed by atoms with Gasteiger partial charge in [-0.1, -0.05) is 12.1 Å². The van der Waals surface area contributed by atoms with E-state index in [0.29, 0.717) is 37.6 Å². The first kappa shape index (κ1) is 20.1. The normalized spacial score (nSPS) is 17.1. The molecule has 0 spiro atoms. The Morgan fingerprint density at radius 1 is 1.20 bits per heavy atom. The van der Waals surface area contributed by atoms with Crippen LogP contribution >= 0.6 is 0 Å². The number of nitrogens with two attached hydrogens (primary N) is 1. The van der Waals surface area contributed by atoms with Crippen molar-refractivity contribution in [2.45, 2.75) is 24.9 Å². The van der Waals surface area contributed by atoms with E-state index >= 15 is 0 Å². The topological polar surface area (TPSA) is 73.4 Å². The predicted molar refractivity (Wildman–Crippen MR) is 112 cm³/mol. The number of hydrogen-bond donors (Lipinski definition) is 1. The highest BCUT2D eigenvalue weighted by atomic mass is 19.1. The van der Waals surface area contributed by atoms with Crippen LogP contribution in [-0.2, 0) is 6.54 Å². The first-order chi connectivity index (χ1) is 14.6. The van der Waals surface area contributed by atoms with E-state index in [2.05, 4.69) is 5.10 Å². The van der Waals surface area contributed by atoms with E-state index in [0.717, 1.165) is 12.0 Å². The first-order valence-electron chi connectivity index (χ1n) is 10.1. The summed E-state index contributed by atoms with van der Waals surface area (Å²) in [6, 6.07) is 15.4. The van der Waals surface area contributed by atoms with Gasteiger partial charge < -0.3 is 15.4 Å². The Kier molecular flexibility index (Phi) is 6.09. The SMILES string of the molecule is N[C@@H](COc1ccc(C(=O)N2CC[C@H](c3ccc(F)cc3)C2)cc1)Cn1cccn1. The molecular formula is C23H25FN4O2. The minimum absolute atomic E-state index is 0.00143. The Bertz CT molecular complexity index is 958. The molecule has 0 bridgehead atoms. The van der Waals surface area contributed by atoms with Crippen molar-refractivity contribution in [1.82, 2.24) is 14.7 Å². The molecule has 3 aromatic rings. The Balaban J connectivity index is 1.29. The summed E-state index contributed by atoms with van der Waals surface area (Å²) in [7, 11) is 0. The number of carbonyl (C=O) groups is 1. The summed E-state index contributed by atoms with van der Waals surface area (Å²) in [4.78, 5) is 14.7. The molecule has 1 amide bonds. The van der Waals surface area contributed by atoms with Crippen LogP contribution in [0.5, 0.6) is 5.75 Å². The van der Waals surface area contributed by atoms with Crippen LogP contribution in [0.15, 0.2) is 67.0 Å². The number of benzene rings is 2. The van der Waals surface area contributed by atoms with Crippen molar-refractivity contribution in [3.8, 4) is 5.75 Å². The van der Waals surface area contributed by atoms with Gasteiger partial charge in [-0.25, -0.2) is 4.39 Å². The van der Waals surface area contributed by atoms with Crippen molar-refractivity contribution in [3.05, 3.63) is 83.9 Å². The van der Waals surface area contributed by atoms with Crippen molar-refractivity contribution >= 4 is 5.91 Å². The summed E-state index contributed by atoms with van der Waals surface area (Å²) in [5, 5.41) is 4.13. The van der Waals surface area contributed by atoms with Gasteiger partial charge in [-0.3, -0.25) is 9.48 Å². The monoisotopic (exact) mass is 408 g/mol. The minimum atomic E-state index is -0.241. The number of rotatable bonds is 7. The van der Waals surface area contributed by atoms with Gasteiger partial charge in [-0.05, 0) is 54.4 Å². The molecule has 0 aliphatic carbocycles. The molecule has 2 N–H and O–H groups in total. The van der Waals surface area contributed by atoms with E-state index in [1.807, 2.05) is 17.2 Å². The second-order valence-corrected chi connectivity index (χ2v) is 7.61. The Labute approximate surface area is 175 Å². The van der Waals surface area contributed by atoms with Crippen molar-refractivity contribution in [2.24, 2.45) is 5.73 Å². The maximum atomic E-state index is 13.1. The number of hydrogen-bond acceptors (Lipinski definition) is 4. The molecule has 0 saturated carbocycles. The van der Waals surface area contributed by atoms with Gasteiger partial charge in [-0.15, -0.1) is 0 Å².